The number of benzene rings is 2. The molecule has 0 saturated heterocycles. The minimum absolute atomic E-state index is 0.109. The fourth-order valence-corrected chi connectivity index (χ4v) is 4.63. The maximum Gasteiger partial charge on any atom is 0.242 e. The molecule has 9 heteroatoms. The van der Waals surface area contributed by atoms with E-state index in [9.17, 15) is 18.0 Å². The molecule has 0 unspecified atom stereocenters. The molecule has 0 radical (unpaired) electrons. The molecule has 0 aliphatic carbocycles. The Labute approximate surface area is 202 Å². The Morgan fingerprint density at radius 1 is 1.12 bits per heavy atom. The van der Waals surface area contributed by atoms with Gasteiger partial charge in [-0.2, -0.15) is 0 Å². The normalized spacial score (nSPS) is 12.0. The van der Waals surface area contributed by atoms with Crippen molar-refractivity contribution in [1.29, 1.82) is 0 Å². The number of nitrogens with zero attached hydrogens (tertiary/aromatic N) is 2. The van der Waals surface area contributed by atoms with E-state index in [1.165, 1.54) is 4.31 Å². The van der Waals surface area contributed by atoms with Gasteiger partial charge in [0.15, 0.2) is 0 Å². The number of anilines is 1. The number of carbonyl (C=O) groups excluding carboxylic acids is 2. The topological polar surface area (TPSA) is 96.0 Å². The quantitative estimate of drug-likeness (QED) is 0.494. The molecule has 0 fully saturated rings. The van der Waals surface area contributed by atoms with Gasteiger partial charge in [-0.1, -0.05) is 29.8 Å². The van der Waals surface area contributed by atoms with Crippen LogP contribution in [-0.4, -0.2) is 57.6 Å². The van der Waals surface area contributed by atoms with Crippen LogP contribution in [0.3, 0.4) is 0 Å². The fourth-order valence-electron chi connectivity index (χ4n) is 3.66. The van der Waals surface area contributed by atoms with Crippen molar-refractivity contribution in [2.75, 3.05) is 30.8 Å². The summed E-state index contributed by atoms with van der Waals surface area (Å²) in [7, 11) is -2.00. The van der Waals surface area contributed by atoms with Crippen molar-refractivity contribution < 1.29 is 22.7 Å². The molecule has 0 bridgehead atoms. The first-order valence-electron chi connectivity index (χ1n) is 11.3. The van der Waals surface area contributed by atoms with Crippen LogP contribution < -0.4 is 14.4 Å². The van der Waals surface area contributed by atoms with Gasteiger partial charge in [0.1, 0.15) is 11.8 Å². The number of methoxy groups -OCH3 is 1. The molecule has 2 rings (SSSR count). The monoisotopic (exact) mass is 489 g/mol. The molecular formula is C25H35N3O5S. The molecule has 0 spiro atoms. The smallest absolute Gasteiger partial charge is 0.242 e. The lowest BCUT2D eigenvalue weighted by atomic mass is 10.1. The van der Waals surface area contributed by atoms with Gasteiger partial charge in [-0.15, -0.1) is 0 Å². The second-order valence-electron chi connectivity index (χ2n) is 8.22. The van der Waals surface area contributed by atoms with Crippen LogP contribution in [0.15, 0.2) is 48.5 Å². The van der Waals surface area contributed by atoms with Gasteiger partial charge in [-0.05, 0) is 57.0 Å². The number of amides is 2. The molecule has 2 amide bonds. The Morgan fingerprint density at radius 2 is 1.79 bits per heavy atom. The van der Waals surface area contributed by atoms with Crippen molar-refractivity contribution in [2.24, 2.45) is 0 Å². The number of nitrogens with one attached hydrogen (secondary N) is 1. The largest absolute Gasteiger partial charge is 0.497 e. The van der Waals surface area contributed by atoms with Crippen LogP contribution in [0.2, 0.25) is 0 Å². The Balaban J connectivity index is 2.14. The zero-order chi connectivity index (χ0) is 25.3. The minimum atomic E-state index is -3.54. The van der Waals surface area contributed by atoms with E-state index in [2.05, 4.69) is 5.32 Å². The number of hydrogen-bond donors (Lipinski definition) is 1. The maximum atomic E-state index is 13.2. The first kappa shape index (κ1) is 27.2. The molecular weight excluding hydrogens is 454 g/mol. The van der Waals surface area contributed by atoms with Crippen LogP contribution in [0.1, 0.15) is 37.8 Å². The van der Waals surface area contributed by atoms with E-state index in [1.54, 1.807) is 43.2 Å². The molecule has 0 saturated carbocycles. The van der Waals surface area contributed by atoms with Crippen molar-refractivity contribution in [3.8, 4) is 5.75 Å². The third-order valence-electron chi connectivity index (χ3n) is 5.47. The summed E-state index contributed by atoms with van der Waals surface area (Å²) in [4.78, 5) is 27.2. The minimum Gasteiger partial charge on any atom is -0.497 e. The molecule has 2 aromatic carbocycles. The first-order valence-corrected chi connectivity index (χ1v) is 13.2. The summed E-state index contributed by atoms with van der Waals surface area (Å²) in [5.74, 6) is 0.196. The lowest BCUT2D eigenvalue weighted by molar-refractivity contribution is -0.140. The third kappa shape index (κ3) is 7.76. The molecule has 0 aliphatic rings. The predicted molar refractivity (Wildman–Crippen MR) is 134 cm³/mol. The predicted octanol–water partition coefficient (Wildman–Crippen LogP) is 3.10. The van der Waals surface area contributed by atoms with Crippen molar-refractivity contribution in [3.05, 3.63) is 59.7 Å². The molecule has 186 valence electrons. The second-order valence-corrected chi connectivity index (χ2v) is 10.1. The van der Waals surface area contributed by atoms with E-state index in [0.29, 0.717) is 30.9 Å². The highest BCUT2D eigenvalue weighted by Crippen LogP contribution is 2.22. The van der Waals surface area contributed by atoms with E-state index in [1.807, 2.05) is 38.1 Å². The SMILES string of the molecule is CCNC(=O)[C@H](C)N(Cc1cccc(C)c1)C(=O)CCCN(c1ccc(OC)cc1)S(C)(=O)=O. The summed E-state index contributed by atoms with van der Waals surface area (Å²) < 4.78 is 31.2. The first-order chi connectivity index (χ1) is 16.1. The Bertz CT molecular complexity index is 1070. The van der Waals surface area contributed by atoms with Crippen molar-refractivity contribution in [1.82, 2.24) is 10.2 Å². The lowest BCUT2D eigenvalue weighted by Gasteiger charge is -2.29. The van der Waals surface area contributed by atoms with Gasteiger partial charge in [0.2, 0.25) is 21.8 Å². The van der Waals surface area contributed by atoms with Gasteiger partial charge < -0.3 is 15.0 Å². The molecule has 0 aliphatic heterocycles. The van der Waals surface area contributed by atoms with E-state index in [0.717, 1.165) is 17.4 Å². The standard InChI is InChI=1S/C25H35N3O5S/c1-6-26-25(30)20(3)27(18-21-10-7-9-19(2)17-21)24(29)11-8-16-28(34(5,31)32)22-12-14-23(33-4)15-13-22/h7,9-10,12-15,17,20H,6,8,11,16,18H2,1-5H3,(H,26,30)/t20-/m0/s1. The van der Waals surface area contributed by atoms with Crippen LogP contribution in [0.4, 0.5) is 5.69 Å². The van der Waals surface area contributed by atoms with Gasteiger partial charge in [0.25, 0.3) is 0 Å². The molecule has 0 aromatic heterocycles. The van der Waals surface area contributed by atoms with Crippen LogP contribution >= 0.6 is 0 Å². The van der Waals surface area contributed by atoms with Crippen molar-refractivity contribution in [3.63, 3.8) is 0 Å². The average molecular weight is 490 g/mol. The zero-order valence-corrected chi connectivity index (χ0v) is 21.4. The van der Waals surface area contributed by atoms with Crippen LogP contribution in [0, 0.1) is 6.92 Å². The van der Waals surface area contributed by atoms with E-state index < -0.39 is 16.1 Å². The summed E-state index contributed by atoms with van der Waals surface area (Å²) in [6.45, 7) is 6.43. The Hall–Kier alpha value is -3.07. The summed E-state index contributed by atoms with van der Waals surface area (Å²) in [5.41, 5.74) is 2.50. The highest BCUT2D eigenvalue weighted by molar-refractivity contribution is 7.92. The van der Waals surface area contributed by atoms with E-state index in [4.69, 9.17) is 4.74 Å². The highest BCUT2D eigenvalue weighted by atomic mass is 32.2. The van der Waals surface area contributed by atoms with Gasteiger partial charge in [-0.25, -0.2) is 8.42 Å². The second kappa shape index (κ2) is 12.4. The lowest BCUT2D eigenvalue weighted by Crippen LogP contribution is -2.47. The molecule has 8 nitrogen and oxygen atoms in total. The molecule has 0 heterocycles. The third-order valence-corrected chi connectivity index (χ3v) is 6.66. The molecule has 1 N–H and O–H groups in total. The van der Waals surface area contributed by atoms with Crippen molar-refractivity contribution in [2.45, 2.75) is 46.2 Å². The van der Waals surface area contributed by atoms with E-state index in [-0.39, 0.29) is 24.8 Å². The fraction of sp³-hybridized carbons (Fsp3) is 0.440. The number of rotatable bonds is 12. The number of ether oxygens (including phenoxy) is 1. The van der Waals surface area contributed by atoms with Crippen molar-refractivity contribution >= 4 is 27.5 Å². The Kier molecular flexibility index (Phi) is 9.92. The summed E-state index contributed by atoms with van der Waals surface area (Å²) in [6, 6.07) is 13.9. The molecule has 1 atom stereocenters. The number of likely N-dealkylation sites (N-methyl/N-ethyl adjacent to an activating group) is 1. The van der Waals surface area contributed by atoms with Crippen LogP contribution in [-0.2, 0) is 26.2 Å². The van der Waals surface area contributed by atoms with Gasteiger partial charge in [0, 0.05) is 26.1 Å². The number of aryl methyl sites for hydroxylation is 1. The summed E-state index contributed by atoms with van der Waals surface area (Å²) in [5, 5.41) is 2.77. The number of sulfonamides is 1. The highest BCUT2D eigenvalue weighted by Gasteiger charge is 2.26. The van der Waals surface area contributed by atoms with Crippen LogP contribution in [0.5, 0.6) is 5.75 Å². The van der Waals surface area contributed by atoms with Gasteiger partial charge in [-0.3, -0.25) is 13.9 Å². The number of hydrogen-bond acceptors (Lipinski definition) is 5. The summed E-state index contributed by atoms with van der Waals surface area (Å²) in [6.07, 6.45) is 1.56. The van der Waals surface area contributed by atoms with E-state index >= 15 is 0 Å². The molecule has 34 heavy (non-hydrogen) atoms. The molecule has 2 aromatic rings. The summed E-state index contributed by atoms with van der Waals surface area (Å²) >= 11 is 0. The zero-order valence-electron chi connectivity index (χ0n) is 20.6. The Morgan fingerprint density at radius 3 is 2.35 bits per heavy atom. The average Bonchev–Trinajstić information content (AvgIpc) is 2.79. The van der Waals surface area contributed by atoms with Crippen LogP contribution in [0.25, 0.3) is 0 Å². The number of carbonyl (C=O) groups is 2. The van der Waals surface area contributed by atoms with Gasteiger partial charge in [0.05, 0.1) is 19.1 Å². The van der Waals surface area contributed by atoms with Gasteiger partial charge >= 0.3 is 0 Å². The maximum absolute atomic E-state index is 13.2.